The molecule has 0 heterocycles. The smallest absolute Gasteiger partial charge is 0.183 e. The molecule has 0 rings (SSSR count). The van der Waals surface area contributed by atoms with Gasteiger partial charge < -0.3 is 9.74 Å². The molecule has 0 spiro atoms. The summed E-state index contributed by atoms with van der Waals surface area (Å²) in [6.07, 6.45) is 2.59. The van der Waals surface area contributed by atoms with Crippen molar-refractivity contribution in [3.8, 4) is 0 Å². The Bertz CT molecular complexity index is 231. The number of nitrogens with one attached hydrogen (secondary N) is 1. The lowest BCUT2D eigenvalue weighted by Crippen LogP contribution is -2.27. The van der Waals surface area contributed by atoms with Crippen molar-refractivity contribution in [2.75, 3.05) is 13.2 Å². The SMILES string of the molecule is CC(=O)/C=C(\C)NCCCO[Si](C)(C)C. The fourth-order valence-electron chi connectivity index (χ4n) is 1.09. The summed E-state index contributed by atoms with van der Waals surface area (Å²) >= 11 is 0. The minimum atomic E-state index is -1.36. The standard InChI is InChI=1S/C11H23NO2Si/c1-10(9-11(2)13)12-7-6-8-14-15(3,4)5/h9,12H,6-8H2,1-5H3/b10-9+. The molecule has 0 aromatic heterocycles. The van der Waals surface area contributed by atoms with Gasteiger partial charge in [-0.2, -0.15) is 0 Å². The molecule has 0 radical (unpaired) electrons. The summed E-state index contributed by atoms with van der Waals surface area (Å²) in [5.41, 5.74) is 0.926. The van der Waals surface area contributed by atoms with E-state index in [-0.39, 0.29) is 5.78 Å². The Hall–Kier alpha value is -0.613. The van der Waals surface area contributed by atoms with Crippen molar-refractivity contribution < 1.29 is 9.22 Å². The molecule has 0 bridgehead atoms. The van der Waals surface area contributed by atoms with Gasteiger partial charge in [-0.15, -0.1) is 0 Å². The molecule has 0 atom stereocenters. The lowest BCUT2D eigenvalue weighted by Gasteiger charge is -2.17. The molecule has 0 aliphatic carbocycles. The number of carbonyl (C=O) groups excluding carboxylic acids is 1. The van der Waals surface area contributed by atoms with Gasteiger partial charge in [-0.1, -0.05) is 0 Å². The third kappa shape index (κ3) is 11.3. The lowest BCUT2D eigenvalue weighted by molar-refractivity contribution is -0.112. The summed E-state index contributed by atoms with van der Waals surface area (Å²) in [4.78, 5) is 10.7. The van der Waals surface area contributed by atoms with E-state index in [4.69, 9.17) is 4.43 Å². The molecule has 15 heavy (non-hydrogen) atoms. The van der Waals surface area contributed by atoms with Gasteiger partial charge in [-0.05, 0) is 46.0 Å². The first-order valence-electron chi connectivity index (χ1n) is 5.38. The van der Waals surface area contributed by atoms with Crippen LogP contribution in [0.3, 0.4) is 0 Å². The Morgan fingerprint density at radius 1 is 1.33 bits per heavy atom. The van der Waals surface area contributed by atoms with Crippen LogP contribution in [0.25, 0.3) is 0 Å². The Kier molecular flexibility index (Phi) is 6.52. The van der Waals surface area contributed by atoms with E-state index < -0.39 is 8.32 Å². The van der Waals surface area contributed by atoms with Gasteiger partial charge in [-0.25, -0.2) is 0 Å². The van der Waals surface area contributed by atoms with E-state index in [1.54, 1.807) is 13.0 Å². The quantitative estimate of drug-likeness (QED) is 0.413. The molecule has 0 aliphatic rings. The maximum Gasteiger partial charge on any atom is 0.183 e. The number of hydrogen-bond acceptors (Lipinski definition) is 3. The maximum absolute atomic E-state index is 10.7. The van der Waals surface area contributed by atoms with Crippen LogP contribution < -0.4 is 5.32 Å². The highest BCUT2D eigenvalue weighted by atomic mass is 28.4. The zero-order chi connectivity index (χ0) is 11.9. The van der Waals surface area contributed by atoms with Crippen LogP contribution in [0.15, 0.2) is 11.8 Å². The average Bonchev–Trinajstić information content (AvgIpc) is 1.99. The monoisotopic (exact) mass is 229 g/mol. The maximum atomic E-state index is 10.7. The minimum absolute atomic E-state index is 0.0818. The predicted octanol–water partition coefficient (Wildman–Crippen LogP) is 2.31. The van der Waals surface area contributed by atoms with Gasteiger partial charge in [-0.3, -0.25) is 4.79 Å². The van der Waals surface area contributed by atoms with Gasteiger partial charge >= 0.3 is 0 Å². The predicted molar refractivity (Wildman–Crippen MR) is 66.4 cm³/mol. The summed E-state index contributed by atoms with van der Waals surface area (Å²) in [6, 6.07) is 0. The largest absolute Gasteiger partial charge is 0.418 e. The van der Waals surface area contributed by atoms with Gasteiger partial charge in [0.2, 0.25) is 0 Å². The summed E-state index contributed by atoms with van der Waals surface area (Å²) in [5.74, 6) is 0.0818. The molecule has 0 aliphatic heterocycles. The third-order valence-electron chi connectivity index (χ3n) is 1.68. The topological polar surface area (TPSA) is 38.3 Å². The molecule has 0 aromatic carbocycles. The first-order chi connectivity index (χ1) is 6.81. The first-order valence-corrected chi connectivity index (χ1v) is 8.79. The Labute approximate surface area is 94.0 Å². The van der Waals surface area contributed by atoms with E-state index in [2.05, 4.69) is 25.0 Å². The Balaban J connectivity index is 3.51. The van der Waals surface area contributed by atoms with Crippen LogP contribution >= 0.6 is 0 Å². The molecule has 0 unspecified atom stereocenters. The summed E-state index contributed by atoms with van der Waals surface area (Å²) in [5, 5.41) is 3.18. The molecular weight excluding hydrogens is 206 g/mol. The molecule has 4 heteroatoms. The highest BCUT2D eigenvalue weighted by Gasteiger charge is 2.12. The fourth-order valence-corrected chi connectivity index (χ4v) is 1.85. The fraction of sp³-hybridized carbons (Fsp3) is 0.727. The molecular formula is C11H23NO2Si. The summed E-state index contributed by atoms with van der Waals surface area (Å²) < 4.78 is 5.70. The van der Waals surface area contributed by atoms with Gasteiger partial charge in [0, 0.05) is 18.8 Å². The van der Waals surface area contributed by atoms with Crippen molar-refractivity contribution in [1.29, 1.82) is 0 Å². The number of rotatable bonds is 7. The Morgan fingerprint density at radius 2 is 1.93 bits per heavy atom. The number of allylic oxidation sites excluding steroid dienone is 2. The molecule has 0 fully saturated rings. The van der Waals surface area contributed by atoms with Crippen LogP contribution in [-0.4, -0.2) is 27.3 Å². The molecule has 0 saturated carbocycles. The number of ketones is 1. The van der Waals surface area contributed by atoms with Crippen LogP contribution in [0.2, 0.25) is 19.6 Å². The van der Waals surface area contributed by atoms with E-state index >= 15 is 0 Å². The molecule has 0 saturated heterocycles. The van der Waals surface area contributed by atoms with Crippen LogP contribution in [0.4, 0.5) is 0 Å². The van der Waals surface area contributed by atoms with Crippen LogP contribution in [0.1, 0.15) is 20.3 Å². The van der Waals surface area contributed by atoms with Crippen LogP contribution in [0.5, 0.6) is 0 Å². The van der Waals surface area contributed by atoms with E-state index in [0.29, 0.717) is 0 Å². The molecule has 3 nitrogen and oxygen atoms in total. The van der Waals surface area contributed by atoms with E-state index in [9.17, 15) is 4.79 Å². The van der Waals surface area contributed by atoms with Gasteiger partial charge in [0.15, 0.2) is 14.1 Å². The average molecular weight is 229 g/mol. The van der Waals surface area contributed by atoms with Crippen molar-refractivity contribution in [3.63, 3.8) is 0 Å². The zero-order valence-electron chi connectivity index (χ0n) is 10.5. The summed E-state index contributed by atoms with van der Waals surface area (Å²) in [6.45, 7) is 11.7. The van der Waals surface area contributed by atoms with E-state index in [1.165, 1.54) is 0 Å². The minimum Gasteiger partial charge on any atom is -0.418 e. The Morgan fingerprint density at radius 3 is 2.40 bits per heavy atom. The number of carbonyl (C=O) groups is 1. The lowest BCUT2D eigenvalue weighted by atomic mass is 10.3. The highest BCUT2D eigenvalue weighted by molar-refractivity contribution is 6.69. The van der Waals surface area contributed by atoms with E-state index in [1.807, 2.05) is 6.92 Å². The first kappa shape index (κ1) is 14.4. The second kappa shape index (κ2) is 6.79. The van der Waals surface area contributed by atoms with Gasteiger partial charge in [0.25, 0.3) is 0 Å². The summed E-state index contributed by atoms with van der Waals surface area (Å²) in [7, 11) is -1.36. The van der Waals surface area contributed by atoms with Crippen LogP contribution in [-0.2, 0) is 9.22 Å². The van der Waals surface area contributed by atoms with Gasteiger partial charge in [0.1, 0.15) is 0 Å². The second-order valence-electron chi connectivity index (χ2n) is 4.68. The zero-order valence-corrected chi connectivity index (χ0v) is 11.5. The normalized spacial score (nSPS) is 12.7. The molecule has 0 amide bonds. The van der Waals surface area contributed by atoms with Crippen molar-refractivity contribution in [2.24, 2.45) is 0 Å². The van der Waals surface area contributed by atoms with Crippen molar-refractivity contribution in [2.45, 2.75) is 39.9 Å². The second-order valence-corrected chi connectivity index (χ2v) is 9.19. The highest BCUT2D eigenvalue weighted by Crippen LogP contribution is 2.02. The van der Waals surface area contributed by atoms with E-state index in [0.717, 1.165) is 25.3 Å². The van der Waals surface area contributed by atoms with Gasteiger partial charge in [0.05, 0.1) is 0 Å². The molecule has 1 N–H and O–H groups in total. The van der Waals surface area contributed by atoms with Crippen molar-refractivity contribution >= 4 is 14.1 Å². The molecule has 0 aromatic rings. The van der Waals surface area contributed by atoms with Crippen molar-refractivity contribution in [3.05, 3.63) is 11.8 Å². The molecule has 88 valence electrons. The number of hydrogen-bond donors (Lipinski definition) is 1. The van der Waals surface area contributed by atoms with Crippen molar-refractivity contribution in [1.82, 2.24) is 5.32 Å². The van der Waals surface area contributed by atoms with Crippen LogP contribution in [0, 0.1) is 0 Å². The third-order valence-corrected chi connectivity index (χ3v) is 2.75.